The van der Waals surface area contributed by atoms with Crippen LogP contribution in [0.15, 0.2) is 30.5 Å². The first-order valence-electron chi connectivity index (χ1n) is 10.5. The average Bonchev–Trinajstić information content (AvgIpc) is 3.39. The number of fused-ring (bicyclic) bond motifs is 2. The number of amides is 3. The molecule has 3 aromatic rings. The highest BCUT2D eigenvalue weighted by Crippen LogP contribution is 2.40. The largest absolute Gasteiger partial charge is 0.465 e. The third-order valence-electron chi connectivity index (χ3n) is 6.13. The van der Waals surface area contributed by atoms with E-state index in [1.807, 2.05) is 24.3 Å². The summed E-state index contributed by atoms with van der Waals surface area (Å²) in [6, 6.07) is 7.31. The summed E-state index contributed by atoms with van der Waals surface area (Å²) in [6.45, 7) is 1.35. The smallest absolute Gasteiger partial charge is 0.412 e. The Morgan fingerprint density at radius 3 is 2.78 bits per heavy atom. The molecule has 3 N–H and O–H groups in total. The number of carbonyl (C=O) groups is 2. The van der Waals surface area contributed by atoms with Gasteiger partial charge in [-0.15, -0.1) is 0 Å². The summed E-state index contributed by atoms with van der Waals surface area (Å²) in [5.41, 5.74) is 4.04. The molecule has 0 saturated carbocycles. The van der Waals surface area contributed by atoms with E-state index in [-0.39, 0.29) is 18.0 Å². The molecule has 1 aromatic carbocycles. The Hall–Kier alpha value is -3.24. The van der Waals surface area contributed by atoms with E-state index in [0.717, 1.165) is 39.9 Å². The quantitative estimate of drug-likeness (QED) is 0.553. The minimum Gasteiger partial charge on any atom is -0.465 e. The highest BCUT2D eigenvalue weighted by atomic mass is 32.1. The average molecular weight is 454 g/mol. The molecule has 1 atom stereocenters. The van der Waals surface area contributed by atoms with Crippen molar-refractivity contribution >= 4 is 44.5 Å². The molecule has 5 rings (SSSR count). The highest BCUT2D eigenvalue weighted by Gasteiger charge is 2.40. The first-order chi connectivity index (χ1) is 15.5. The molecule has 10 heteroatoms. The van der Waals surface area contributed by atoms with E-state index < -0.39 is 6.09 Å². The second kappa shape index (κ2) is 8.36. The van der Waals surface area contributed by atoms with Crippen molar-refractivity contribution in [1.82, 2.24) is 15.3 Å². The number of aromatic nitrogens is 2. The van der Waals surface area contributed by atoms with Gasteiger partial charge in [0.2, 0.25) is 0 Å². The zero-order valence-corrected chi connectivity index (χ0v) is 18.3. The van der Waals surface area contributed by atoms with Gasteiger partial charge in [-0.2, -0.15) is 0 Å². The van der Waals surface area contributed by atoms with Crippen LogP contribution in [0.25, 0.3) is 21.3 Å². The monoisotopic (exact) mass is 453 g/mol. The molecule has 1 unspecified atom stereocenters. The number of hydrogen-bond donors (Lipinski definition) is 3. The molecule has 0 radical (unpaired) electrons. The van der Waals surface area contributed by atoms with Crippen LogP contribution >= 0.6 is 11.3 Å². The Kier molecular flexibility index (Phi) is 5.40. The number of benzene rings is 1. The number of pyridine rings is 1. The fourth-order valence-electron chi connectivity index (χ4n) is 4.51. The van der Waals surface area contributed by atoms with Gasteiger partial charge in [-0.3, -0.25) is 15.2 Å². The first kappa shape index (κ1) is 20.7. The summed E-state index contributed by atoms with van der Waals surface area (Å²) < 4.78 is 6.38. The molecule has 0 aliphatic carbocycles. The van der Waals surface area contributed by atoms with Crippen molar-refractivity contribution in [2.75, 3.05) is 30.5 Å². The Morgan fingerprint density at radius 1 is 1.22 bits per heavy atom. The summed E-state index contributed by atoms with van der Waals surface area (Å²) in [7, 11) is 1.55. The molecule has 2 aromatic heterocycles. The topological polar surface area (TPSA) is 117 Å². The number of thiazole rings is 1. The van der Waals surface area contributed by atoms with Crippen molar-refractivity contribution in [1.29, 1.82) is 0 Å². The van der Waals surface area contributed by atoms with Crippen LogP contribution in [0.1, 0.15) is 18.5 Å². The lowest BCUT2D eigenvalue weighted by Gasteiger charge is -2.32. The number of urea groups is 1. The van der Waals surface area contributed by atoms with Crippen molar-refractivity contribution in [3.63, 3.8) is 0 Å². The van der Waals surface area contributed by atoms with Crippen LogP contribution in [-0.2, 0) is 11.2 Å². The van der Waals surface area contributed by atoms with Crippen molar-refractivity contribution < 1.29 is 19.4 Å². The van der Waals surface area contributed by atoms with Gasteiger partial charge in [0.15, 0.2) is 5.13 Å². The maximum atomic E-state index is 12.2. The summed E-state index contributed by atoms with van der Waals surface area (Å²) >= 11 is 1.38. The van der Waals surface area contributed by atoms with E-state index in [9.17, 15) is 14.7 Å². The molecule has 3 amide bonds. The Bertz CT molecular complexity index is 1190. The van der Waals surface area contributed by atoms with Crippen molar-refractivity contribution in [3.8, 4) is 11.1 Å². The minimum absolute atomic E-state index is 0.100. The van der Waals surface area contributed by atoms with Crippen molar-refractivity contribution in [2.45, 2.75) is 25.3 Å². The van der Waals surface area contributed by atoms with Crippen LogP contribution in [0, 0.1) is 5.92 Å². The van der Waals surface area contributed by atoms with Gasteiger partial charge >= 0.3 is 12.1 Å². The number of carbonyl (C=O) groups excluding carboxylic acids is 1. The third-order valence-corrected chi connectivity index (χ3v) is 7.06. The molecule has 1 saturated heterocycles. The maximum absolute atomic E-state index is 12.2. The molecule has 0 spiro atoms. The maximum Gasteiger partial charge on any atom is 0.412 e. The van der Waals surface area contributed by atoms with E-state index >= 15 is 0 Å². The zero-order chi connectivity index (χ0) is 22.2. The number of carboxylic acid groups (broad SMARTS) is 1. The Labute approximate surface area is 188 Å². The van der Waals surface area contributed by atoms with Crippen LogP contribution in [0.2, 0.25) is 0 Å². The van der Waals surface area contributed by atoms with Gasteiger partial charge in [0.25, 0.3) is 0 Å². The normalized spacial score (nSPS) is 18.5. The number of nitrogens with zero attached hydrogens (tertiary/aromatic N) is 3. The number of rotatable bonds is 3. The summed E-state index contributed by atoms with van der Waals surface area (Å²) in [6.07, 6.45) is 3.22. The fraction of sp³-hybridized carbons (Fsp3) is 0.364. The molecule has 0 bridgehead atoms. The van der Waals surface area contributed by atoms with Crippen molar-refractivity contribution in [3.05, 3.63) is 36.2 Å². The molecule has 2 aliphatic rings. The summed E-state index contributed by atoms with van der Waals surface area (Å²) in [4.78, 5) is 34.3. The molecule has 1 fully saturated rings. The van der Waals surface area contributed by atoms with Gasteiger partial charge < -0.3 is 15.2 Å². The van der Waals surface area contributed by atoms with E-state index in [1.165, 1.54) is 16.2 Å². The zero-order valence-electron chi connectivity index (χ0n) is 17.5. The molecule has 2 aliphatic heterocycles. The van der Waals surface area contributed by atoms with Crippen LogP contribution in [0.4, 0.5) is 20.4 Å². The third kappa shape index (κ3) is 3.76. The van der Waals surface area contributed by atoms with Crippen LogP contribution in [-0.4, -0.2) is 53.5 Å². The molecular formula is C22H23N5O4S. The SMILES string of the molecule is CNC(=O)Nc1nc2ccc(-c3cnc4c(c3)N(C(=O)O)C(C3CCOCC3)C4)cc2s1. The Morgan fingerprint density at radius 2 is 2.03 bits per heavy atom. The Balaban J connectivity index is 1.46. The van der Waals surface area contributed by atoms with E-state index in [4.69, 9.17) is 4.74 Å². The van der Waals surface area contributed by atoms with Gasteiger partial charge in [-0.05, 0) is 42.5 Å². The number of anilines is 2. The molecule has 9 nitrogen and oxygen atoms in total. The predicted molar refractivity (Wildman–Crippen MR) is 122 cm³/mol. The lowest BCUT2D eigenvalue weighted by Crippen LogP contribution is -2.43. The molecule has 32 heavy (non-hydrogen) atoms. The minimum atomic E-state index is -0.943. The van der Waals surface area contributed by atoms with E-state index in [2.05, 4.69) is 20.6 Å². The van der Waals surface area contributed by atoms with Crippen LogP contribution < -0.4 is 15.5 Å². The van der Waals surface area contributed by atoms with E-state index in [0.29, 0.717) is 30.5 Å². The summed E-state index contributed by atoms with van der Waals surface area (Å²) in [5, 5.41) is 15.7. The number of ether oxygens (including phenoxy) is 1. The first-order valence-corrected chi connectivity index (χ1v) is 11.3. The second-order valence-corrected chi connectivity index (χ2v) is 9.00. The van der Waals surface area contributed by atoms with Gasteiger partial charge in [-0.25, -0.2) is 14.6 Å². The lowest BCUT2D eigenvalue weighted by atomic mass is 9.90. The fourth-order valence-corrected chi connectivity index (χ4v) is 5.41. The van der Waals surface area contributed by atoms with Gasteiger partial charge in [0, 0.05) is 44.5 Å². The standard InChI is InChI=1S/C22H23N5O4S/c1-23-20(28)26-21-25-15-3-2-13(9-19(15)32-21)14-8-18-16(24-11-14)10-17(27(18)22(29)30)12-4-6-31-7-5-12/h2-3,8-9,11-12,17H,4-7,10H2,1H3,(H,29,30)(H2,23,25,26,28). The summed E-state index contributed by atoms with van der Waals surface area (Å²) in [5.74, 6) is 0.275. The molecular weight excluding hydrogens is 430 g/mol. The second-order valence-electron chi connectivity index (χ2n) is 7.97. The van der Waals surface area contributed by atoms with Gasteiger partial charge in [0.1, 0.15) is 0 Å². The van der Waals surface area contributed by atoms with Gasteiger partial charge in [-0.1, -0.05) is 17.4 Å². The number of nitrogens with one attached hydrogen (secondary N) is 2. The van der Waals surface area contributed by atoms with Crippen molar-refractivity contribution in [2.24, 2.45) is 5.92 Å². The van der Waals surface area contributed by atoms with Crippen LogP contribution in [0.3, 0.4) is 0 Å². The van der Waals surface area contributed by atoms with Gasteiger partial charge in [0.05, 0.1) is 21.6 Å². The highest BCUT2D eigenvalue weighted by molar-refractivity contribution is 7.22. The van der Waals surface area contributed by atoms with E-state index in [1.54, 1.807) is 13.2 Å². The molecule has 4 heterocycles. The predicted octanol–water partition coefficient (Wildman–Crippen LogP) is 3.95. The number of hydrogen-bond acceptors (Lipinski definition) is 6. The van der Waals surface area contributed by atoms with Crippen LogP contribution in [0.5, 0.6) is 0 Å². The molecule has 166 valence electrons. The lowest BCUT2D eigenvalue weighted by molar-refractivity contribution is 0.0581.